The summed E-state index contributed by atoms with van der Waals surface area (Å²) in [6.07, 6.45) is -4.57. The number of aromatic amines is 1. The molecule has 2 N–H and O–H groups in total. The Morgan fingerprint density at radius 1 is 1.08 bits per heavy atom. The van der Waals surface area contributed by atoms with Gasteiger partial charge in [0.1, 0.15) is 0 Å². The first-order chi connectivity index (χ1) is 17.2. The number of aromatic nitrogens is 3. The molecule has 0 saturated heterocycles. The molecular formula is C27H26F3N3O4. The van der Waals surface area contributed by atoms with Crippen LogP contribution in [0.15, 0.2) is 53.6 Å². The highest BCUT2D eigenvalue weighted by Gasteiger charge is 2.34. The minimum Gasteiger partial charge on any atom is -0.479 e. The second-order valence-corrected chi connectivity index (χ2v) is 9.76. The van der Waals surface area contributed by atoms with E-state index in [2.05, 4.69) is 9.97 Å². The molecule has 7 nitrogen and oxygen atoms in total. The van der Waals surface area contributed by atoms with Gasteiger partial charge in [-0.25, -0.2) is 9.78 Å². The minimum atomic E-state index is -4.54. The molecule has 0 bridgehead atoms. The molecule has 10 heteroatoms. The number of carboxylic acid groups (broad SMARTS) is 1. The summed E-state index contributed by atoms with van der Waals surface area (Å²) in [7, 11) is 0. The number of fused-ring (bicyclic) bond motifs is 1. The maximum absolute atomic E-state index is 13.7. The molecule has 0 saturated carbocycles. The predicted molar refractivity (Wildman–Crippen MR) is 133 cm³/mol. The van der Waals surface area contributed by atoms with Crippen molar-refractivity contribution in [3.05, 3.63) is 81.5 Å². The van der Waals surface area contributed by atoms with Crippen LogP contribution in [0.2, 0.25) is 0 Å². The smallest absolute Gasteiger partial charge is 0.416 e. The number of benzene rings is 2. The Labute approximate surface area is 210 Å². The van der Waals surface area contributed by atoms with Crippen LogP contribution in [0.1, 0.15) is 49.4 Å². The average Bonchev–Trinajstić information content (AvgIpc) is 3.27. The van der Waals surface area contributed by atoms with Crippen LogP contribution in [0.25, 0.3) is 27.8 Å². The molecule has 0 amide bonds. The van der Waals surface area contributed by atoms with Gasteiger partial charge in [0.2, 0.25) is 0 Å². The van der Waals surface area contributed by atoms with E-state index in [9.17, 15) is 27.9 Å². The number of pyridine rings is 1. The Hall–Kier alpha value is -3.92. The van der Waals surface area contributed by atoms with E-state index in [1.54, 1.807) is 45.9 Å². The van der Waals surface area contributed by atoms with Gasteiger partial charge in [-0.15, -0.1) is 0 Å². The Kier molecular flexibility index (Phi) is 6.49. The van der Waals surface area contributed by atoms with Gasteiger partial charge in [-0.1, -0.05) is 6.07 Å². The summed E-state index contributed by atoms with van der Waals surface area (Å²) < 4.78 is 47.1. The van der Waals surface area contributed by atoms with Gasteiger partial charge in [-0.3, -0.25) is 4.79 Å². The second kappa shape index (κ2) is 9.19. The van der Waals surface area contributed by atoms with Crippen molar-refractivity contribution >= 4 is 17.0 Å². The number of nitrogens with one attached hydrogen (secondary N) is 1. The number of hydrogen-bond donors (Lipinski definition) is 2. The van der Waals surface area contributed by atoms with Crippen molar-refractivity contribution in [1.82, 2.24) is 14.5 Å². The lowest BCUT2D eigenvalue weighted by atomic mass is 9.96. The molecule has 1 unspecified atom stereocenters. The van der Waals surface area contributed by atoms with Gasteiger partial charge in [-0.05, 0) is 76.6 Å². The molecule has 2 heterocycles. The van der Waals surface area contributed by atoms with E-state index < -0.39 is 34.8 Å². The number of carboxylic acids is 1. The van der Waals surface area contributed by atoms with Crippen LogP contribution in [-0.4, -0.2) is 31.2 Å². The third-order valence-corrected chi connectivity index (χ3v) is 6.00. The summed E-state index contributed by atoms with van der Waals surface area (Å²) in [5.41, 5.74) is 0.852. The van der Waals surface area contributed by atoms with Crippen LogP contribution < -0.4 is 5.43 Å². The van der Waals surface area contributed by atoms with Crippen molar-refractivity contribution in [3.8, 4) is 16.8 Å². The second-order valence-electron chi connectivity index (χ2n) is 9.76. The van der Waals surface area contributed by atoms with Crippen molar-refractivity contribution < 1.29 is 27.8 Å². The molecule has 194 valence electrons. The molecule has 37 heavy (non-hydrogen) atoms. The molecule has 0 radical (unpaired) electrons. The van der Waals surface area contributed by atoms with Crippen LogP contribution in [0.4, 0.5) is 13.2 Å². The molecule has 2 aromatic carbocycles. The first kappa shape index (κ1) is 26.2. The highest BCUT2D eigenvalue weighted by molar-refractivity contribution is 5.83. The Morgan fingerprint density at radius 3 is 2.30 bits per heavy atom. The molecule has 0 aliphatic heterocycles. The van der Waals surface area contributed by atoms with Crippen molar-refractivity contribution in [1.29, 1.82) is 0 Å². The van der Waals surface area contributed by atoms with Gasteiger partial charge in [0.15, 0.2) is 11.5 Å². The Morgan fingerprint density at radius 2 is 1.73 bits per heavy atom. The first-order valence-electron chi connectivity index (χ1n) is 11.5. The van der Waals surface area contributed by atoms with E-state index in [4.69, 9.17) is 4.74 Å². The number of H-pyrrole nitrogens is 1. The lowest BCUT2D eigenvalue weighted by Crippen LogP contribution is -2.33. The number of imidazole rings is 1. The number of ether oxygens (including phenoxy) is 1. The van der Waals surface area contributed by atoms with Gasteiger partial charge in [0.05, 0.1) is 34.2 Å². The fraction of sp³-hybridized carbons (Fsp3) is 0.296. The molecule has 0 fully saturated rings. The standard InChI is InChI=1S/C27H26F3N3O4/c1-14-22(24(25(35)36)37-26(3,4)5)33(18-9-7-17(8-10-18)27(28,29)30)15(2)21(23(14)34)16-6-11-19-20(12-16)32-13-31-19/h6-13,24H,1-5H3,(H,31,32)(H,35,36). The monoisotopic (exact) mass is 513 g/mol. The van der Waals surface area contributed by atoms with Crippen LogP contribution >= 0.6 is 0 Å². The molecule has 4 rings (SSSR count). The third kappa shape index (κ3) is 5.01. The number of carbonyl (C=O) groups is 1. The zero-order valence-electron chi connectivity index (χ0n) is 20.9. The fourth-order valence-corrected chi connectivity index (χ4v) is 4.38. The van der Waals surface area contributed by atoms with E-state index in [1.807, 2.05) is 0 Å². The van der Waals surface area contributed by atoms with Crippen molar-refractivity contribution in [2.45, 2.75) is 52.5 Å². The molecule has 0 spiro atoms. The quantitative estimate of drug-likeness (QED) is 0.343. The van der Waals surface area contributed by atoms with Gasteiger partial charge in [0.25, 0.3) is 0 Å². The van der Waals surface area contributed by atoms with Crippen molar-refractivity contribution in [2.75, 3.05) is 0 Å². The summed E-state index contributed by atoms with van der Waals surface area (Å²) in [5.74, 6) is -1.33. The Balaban J connectivity index is 2.06. The Bertz CT molecular complexity index is 1540. The summed E-state index contributed by atoms with van der Waals surface area (Å²) in [6, 6.07) is 9.56. The zero-order valence-corrected chi connectivity index (χ0v) is 20.9. The van der Waals surface area contributed by atoms with Crippen LogP contribution in [-0.2, 0) is 15.7 Å². The van der Waals surface area contributed by atoms with Gasteiger partial charge >= 0.3 is 12.1 Å². The highest BCUT2D eigenvalue weighted by atomic mass is 19.4. The van der Waals surface area contributed by atoms with E-state index in [0.717, 1.165) is 12.1 Å². The lowest BCUT2D eigenvalue weighted by Gasteiger charge is -2.30. The van der Waals surface area contributed by atoms with Crippen LogP contribution in [0.3, 0.4) is 0 Å². The number of aliphatic carboxylic acids is 1. The first-order valence-corrected chi connectivity index (χ1v) is 11.5. The topological polar surface area (TPSA) is 97.2 Å². The number of alkyl halides is 3. The average molecular weight is 514 g/mol. The molecule has 0 aliphatic rings. The van der Waals surface area contributed by atoms with Crippen molar-refractivity contribution in [2.24, 2.45) is 0 Å². The van der Waals surface area contributed by atoms with E-state index >= 15 is 0 Å². The van der Waals surface area contributed by atoms with Crippen LogP contribution in [0, 0.1) is 13.8 Å². The maximum atomic E-state index is 13.7. The molecule has 0 aliphatic carbocycles. The predicted octanol–water partition coefficient (Wildman–Crippen LogP) is 5.96. The summed E-state index contributed by atoms with van der Waals surface area (Å²) >= 11 is 0. The van der Waals surface area contributed by atoms with E-state index in [-0.39, 0.29) is 22.5 Å². The number of rotatable bonds is 5. The number of nitrogens with zero attached hydrogens (tertiary/aromatic N) is 2. The number of halogens is 3. The SMILES string of the molecule is Cc1c(C(OC(C)(C)C)C(=O)O)n(-c2ccc(C(F)(F)F)cc2)c(C)c(-c2ccc3nc[nH]c3c2)c1=O. The molecule has 1 atom stereocenters. The summed E-state index contributed by atoms with van der Waals surface area (Å²) in [4.78, 5) is 33.3. The summed E-state index contributed by atoms with van der Waals surface area (Å²) in [5, 5.41) is 10.1. The lowest BCUT2D eigenvalue weighted by molar-refractivity contribution is -0.161. The van der Waals surface area contributed by atoms with E-state index in [1.165, 1.54) is 30.0 Å². The van der Waals surface area contributed by atoms with Gasteiger partial charge < -0.3 is 19.4 Å². The van der Waals surface area contributed by atoms with Gasteiger partial charge in [0, 0.05) is 22.5 Å². The normalized spacial score (nSPS) is 13.2. The third-order valence-electron chi connectivity index (χ3n) is 6.00. The maximum Gasteiger partial charge on any atom is 0.416 e. The molecule has 2 aromatic heterocycles. The van der Waals surface area contributed by atoms with Crippen molar-refractivity contribution in [3.63, 3.8) is 0 Å². The zero-order chi connectivity index (χ0) is 27.3. The molecular weight excluding hydrogens is 487 g/mol. The van der Waals surface area contributed by atoms with Crippen LogP contribution in [0.5, 0.6) is 0 Å². The highest BCUT2D eigenvalue weighted by Crippen LogP contribution is 2.35. The van der Waals surface area contributed by atoms with E-state index in [0.29, 0.717) is 22.3 Å². The fourth-order valence-electron chi connectivity index (χ4n) is 4.38. The summed E-state index contributed by atoms with van der Waals surface area (Å²) in [6.45, 7) is 8.17. The minimum absolute atomic E-state index is 0.0380. The number of hydrogen-bond acceptors (Lipinski definition) is 4. The molecule has 4 aromatic rings. The van der Waals surface area contributed by atoms with Gasteiger partial charge in [-0.2, -0.15) is 13.2 Å². The largest absolute Gasteiger partial charge is 0.479 e.